The van der Waals surface area contributed by atoms with Gasteiger partial charge in [0.1, 0.15) is 0 Å². The maximum atomic E-state index is 11.6. The average molecular weight is 200 g/mol. The minimum atomic E-state index is -0.109. The second-order valence-electron chi connectivity index (χ2n) is 3.44. The SMILES string of the molecule is C#CCNC(=O)c1ccc2c(c1)CCN2. The smallest absolute Gasteiger partial charge is 0.252 e. The Bertz CT molecular complexity index is 432. The summed E-state index contributed by atoms with van der Waals surface area (Å²) in [6.45, 7) is 1.22. The first-order valence-corrected chi connectivity index (χ1v) is 4.90. The molecule has 2 N–H and O–H groups in total. The minimum absolute atomic E-state index is 0.109. The highest BCUT2D eigenvalue weighted by atomic mass is 16.1. The summed E-state index contributed by atoms with van der Waals surface area (Å²) in [7, 11) is 0. The van der Waals surface area contributed by atoms with Crippen molar-refractivity contribution in [3.8, 4) is 12.3 Å². The molecule has 0 fully saturated rings. The summed E-state index contributed by atoms with van der Waals surface area (Å²) in [6.07, 6.45) is 6.05. The molecule has 3 nitrogen and oxygen atoms in total. The van der Waals surface area contributed by atoms with Crippen LogP contribution in [0.2, 0.25) is 0 Å². The van der Waals surface area contributed by atoms with Crippen molar-refractivity contribution in [3.05, 3.63) is 29.3 Å². The number of nitrogens with one attached hydrogen (secondary N) is 2. The number of anilines is 1. The number of hydrogen-bond acceptors (Lipinski definition) is 2. The van der Waals surface area contributed by atoms with Crippen LogP contribution in [0.25, 0.3) is 0 Å². The molecule has 0 saturated heterocycles. The summed E-state index contributed by atoms with van der Waals surface area (Å²) in [5.74, 6) is 2.27. The second-order valence-corrected chi connectivity index (χ2v) is 3.44. The molecule has 76 valence electrons. The van der Waals surface area contributed by atoms with Gasteiger partial charge in [-0.1, -0.05) is 5.92 Å². The van der Waals surface area contributed by atoms with E-state index in [2.05, 4.69) is 16.6 Å². The fourth-order valence-electron chi connectivity index (χ4n) is 1.68. The zero-order chi connectivity index (χ0) is 10.7. The molecule has 3 heteroatoms. The van der Waals surface area contributed by atoms with Crippen molar-refractivity contribution in [2.24, 2.45) is 0 Å². The quantitative estimate of drug-likeness (QED) is 0.700. The van der Waals surface area contributed by atoms with E-state index in [4.69, 9.17) is 6.42 Å². The molecule has 0 unspecified atom stereocenters. The van der Waals surface area contributed by atoms with Crippen LogP contribution in [0.1, 0.15) is 15.9 Å². The third kappa shape index (κ3) is 1.94. The van der Waals surface area contributed by atoms with E-state index in [1.165, 1.54) is 5.56 Å². The van der Waals surface area contributed by atoms with Crippen LogP contribution in [0.5, 0.6) is 0 Å². The Balaban J connectivity index is 2.16. The van der Waals surface area contributed by atoms with E-state index >= 15 is 0 Å². The summed E-state index contributed by atoms with van der Waals surface area (Å²) in [5.41, 5.74) is 3.00. The van der Waals surface area contributed by atoms with Crippen LogP contribution in [0, 0.1) is 12.3 Å². The molecule has 0 aliphatic carbocycles. The van der Waals surface area contributed by atoms with Gasteiger partial charge in [-0.05, 0) is 30.2 Å². The van der Waals surface area contributed by atoms with Crippen LogP contribution in [0.4, 0.5) is 5.69 Å². The third-order valence-corrected chi connectivity index (χ3v) is 2.43. The van der Waals surface area contributed by atoms with Gasteiger partial charge < -0.3 is 10.6 Å². The molecule has 2 rings (SSSR count). The lowest BCUT2D eigenvalue weighted by molar-refractivity contribution is 0.0958. The number of amides is 1. The molecule has 0 atom stereocenters. The first kappa shape index (κ1) is 9.60. The minimum Gasteiger partial charge on any atom is -0.384 e. The molecule has 1 heterocycles. The Morgan fingerprint density at radius 1 is 1.60 bits per heavy atom. The average Bonchev–Trinajstić information content (AvgIpc) is 2.72. The van der Waals surface area contributed by atoms with Crippen molar-refractivity contribution >= 4 is 11.6 Å². The summed E-state index contributed by atoms with van der Waals surface area (Å²) in [6, 6.07) is 5.66. The first-order chi connectivity index (χ1) is 7.31. The van der Waals surface area contributed by atoms with Gasteiger partial charge in [0, 0.05) is 17.8 Å². The largest absolute Gasteiger partial charge is 0.384 e. The molecule has 1 aliphatic rings. The fraction of sp³-hybridized carbons (Fsp3) is 0.250. The van der Waals surface area contributed by atoms with E-state index in [1.807, 2.05) is 18.2 Å². The molecule has 1 amide bonds. The Morgan fingerprint density at radius 3 is 3.27 bits per heavy atom. The van der Waals surface area contributed by atoms with Crippen molar-refractivity contribution < 1.29 is 4.79 Å². The van der Waals surface area contributed by atoms with Crippen LogP contribution < -0.4 is 10.6 Å². The van der Waals surface area contributed by atoms with Crippen molar-refractivity contribution in [3.63, 3.8) is 0 Å². The standard InChI is InChI=1S/C12H12N2O/c1-2-6-14-12(15)10-3-4-11-9(8-10)5-7-13-11/h1,3-4,8,13H,5-7H2,(H,14,15). The summed E-state index contributed by atoms with van der Waals surface area (Å²) < 4.78 is 0. The van der Waals surface area contributed by atoms with Gasteiger partial charge in [0.15, 0.2) is 0 Å². The molecule has 0 saturated carbocycles. The van der Waals surface area contributed by atoms with E-state index in [0.29, 0.717) is 5.56 Å². The van der Waals surface area contributed by atoms with E-state index in [1.54, 1.807) is 0 Å². The predicted octanol–water partition coefficient (Wildman–Crippen LogP) is 1.02. The molecular formula is C12H12N2O. The molecule has 0 radical (unpaired) electrons. The van der Waals surface area contributed by atoms with Gasteiger partial charge in [-0.25, -0.2) is 0 Å². The van der Waals surface area contributed by atoms with Crippen molar-refractivity contribution in [1.29, 1.82) is 0 Å². The Kier molecular flexibility index (Phi) is 2.59. The Hall–Kier alpha value is -1.95. The van der Waals surface area contributed by atoms with E-state index in [0.717, 1.165) is 18.7 Å². The number of hydrogen-bond donors (Lipinski definition) is 2. The van der Waals surface area contributed by atoms with Crippen molar-refractivity contribution in [2.75, 3.05) is 18.4 Å². The lowest BCUT2D eigenvalue weighted by Crippen LogP contribution is -2.23. The first-order valence-electron chi connectivity index (χ1n) is 4.90. The van der Waals surface area contributed by atoms with Gasteiger partial charge in [0.2, 0.25) is 0 Å². The predicted molar refractivity (Wildman–Crippen MR) is 59.8 cm³/mol. The van der Waals surface area contributed by atoms with Crippen LogP contribution in [-0.4, -0.2) is 19.0 Å². The monoisotopic (exact) mass is 200 g/mol. The highest BCUT2D eigenvalue weighted by Gasteiger charge is 2.12. The zero-order valence-corrected chi connectivity index (χ0v) is 8.34. The van der Waals surface area contributed by atoms with Crippen molar-refractivity contribution in [2.45, 2.75) is 6.42 Å². The molecule has 1 aromatic carbocycles. The molecular weight excluding hydrogens is 188 g/mol. The second kappa shape index (κ2) is 4.05. The molecule has 0 spiro atoms. The van der Waals surface area contributed by atoms with Crippen LogP contribution >= 0.6 is 0 Å². The lowest BCUT2D eigenvalue weighted by Gasteiger charge is -2.04. The molecule has 15 heavy (non-hydrogen) atoms. The van der Waals surface area contributed by atoms with Gasteiger partial charge in [0.05, 0.1) is 6.54 Å². The number of fused-ring (bicyclic) bond motifs is 1. The maximum absolute atomic E-state index is 11.6. The van der Waals surface area contributed by atoms with Gasteiger partial charge in [-0.2, -0.15) is 0 Å². The van der Waals surface area contributed by atoms with Gasteiger partial charge in [-0.15, -0.1) is 6.42 Å². The van der Waals surface area contributed by atoms with Crippen molar-refractivity contribution in [1.82, 2.24) is 5.32 Å². The number of carbonyl (C=O) groups excluding carboxylic acids is 1. The lowest BCUT2D eigenvalue weighted by atomic mass is 10.1. The fourth-order valence-corrected chi connectivity index (χ4v) is 1.68. The van der Waals surface area contributed by atoms with E-state index < -0.39 is 0 Å². The molecule has 1 aromatic rings. The zero-order valence-electron chi connectivity index (χ0n) is 8.34. The summed E-state index contributed by atoms with van der Waals surface area (Å²) in [5, 5.41) is 5.89. The molecule has 0 aromatic heterocycles. The van der Waals surface area contributed by atoms with Gasteiger partial charge in [-0.3, -0.25) is 4.79 Å². The number of carbonyl (C=O) groups is 1. The van der Waals surface area contributed by atoms with Crippen LogP contribution in [0.3, 0.4) is 0 Å². The summed E-state index contributed by atoms with van der Waals surface area (Å²) >= 11 is 0. The summed E-state index contributed by atoms with van der Waals surface area (Å²) in [4.78, 5) is 11.6. The number of benzene rings is 1. The van der Waals surface area contributed by atoms with E-state index in [-0.39, 0.29) is 12.5 Å². The number of rotatable bonds is 2. The highest BCUT2D eigenvalue weighted by Crippen LogP contribution is 2.22. The third-order valence-electron chi connectivity index (χ3n) is 2.43. The Labute approximate surface area is 88.9 Å². The van der Waals surface area contributed by atoms with E-state index in [9.17, 15) is 4.79 Å². The maximum Gasteiger partial charge on any atom is 0.252 e. The topological polar surface area (TPSA) is 41.1 Å². The van der Waals surface area contributed by atoms with Crippen LogP contribution in [-0.2, 0) is 6.42 Å². The molecule has 0 bridgehead atoms. The highest BCUT2D eigenvalue weighted by molar-refractivity contribution is 5.95. The molecule has 1 aliphatic heterocycles. The van der Waals surface area contributed by atoms with Crippen LogP contribution in [0.15, 0.2) is 18.2 Å². The van der Waals surface area contributed by atoms with Gasteiger partial charge in [0.25, 0.3) is 5.91 Å². The normalized spacial score (nSPS) is 12.5. The Morgan fingerprint density at radius 2 is 2.47 bits per heavy atom. The van der Waals surface area contributed by atoms with Gasteiger partial charge >= 0.3 is 0 Å². The number of terminal acetylenes is 1.